The standard InChI is InChI=1S/C51H57ClF2N2O8/c1-2-27-62-51-47(56(50(59)60-28-24-52)32-35-18-20-39(53)21-19-35)31-45(55-63-33-36-12-4-3-5-13-36)42-29-37(14-8-10-25-57)41(16-9-11-26-58)48(49(42)51)43-30-40(22-23-46(43)64-51)61-34-38-15-6-7-17-44(38)54/h2-7,12-13,15,17-23,29-30,37,41,47-49,57-58H,1,8-11,14,16,24-28,31-34H2. The number of hydrogen-bond donors (Lipinski definition) is 2. The number of carbonyl (C=O) groups is 1. The van der Waals surface area contributed by atoms with E-state index in [-0.39, 0.29) is 82.1 Å². The second-order valence-corrected chi connectivity index (χ2v) is 16.8. The zero-order valence-corrected chi connectivity index (χ0v) is 36.7. The number of fused-ring (bicyclic) bond motifs is 2. The topological polar surface area (TPSA) is 119 Å². The van der Waals surface area contributed by atoms with Crippen LogP contribution < -0.4 is 9.47 Å². The molecule has 3 aliphatic rings. The average molecular weight is 899 g/mol. The van der Waals surface area contributed by atoms with E-state index in [1.807, 2.05) is 42.5 Å². The Morgan fingerprint density at radius 2 is 1.67 bits per heavy atom. The minimum absolute atomic E-state index is 0.00204. The summed E-state index contributed by atoms with van der Waals surface area (Å²) in [5, 5.41) is 24.8. The third kappa shape index (κ3) is 10.8. The number of aliphatic hydroxyl groups excluding tert-OH is 2. The van der Waals surface area contributed by atoms with E-state index in [2.05, 4.69) is 12.7 Å². The number of alkyl halides is 1. The first-order valence-corrected chi connectivity index (χ1v) is 22.7. The van der Waals surface area contributed by atoms with Crippen molar-refractivity contribution in [2.45, 2.75) is 82.5 Å². The van der Waals surface area contributed by atoms with Crippen molar-refractivity contribution in [1.82, 2.24) is 4.90 Å². The molecule has 64 heavy (non-hydrogen) atoms. The van der Waals surface area contributed by atoms with E-state index in [1.54, 1.807) is 47.4 Å². The number of hydrogen-bond acceptors (Lipinski definition) is 9. The summed E-state index contributed by atoms with van der Waals surface area (Å²) < 4.78 is 55.5. The number of unbranched alkanes of at least 4 members (excludes halogenated alkanes) is 2. The van der Waals surface area contributed by atoms with E-state index in [0.29, 0.717) is 41.2 Å². The maximum atomic E-state index is 14.8. The minimum atomic E-state index is -1.57. The highest BCUT2D eigenvalue weighted by Gasteiger charge is 2.65. The first-order chi connectivity index (χ1) is 31.3. The van der Waals surface area contributed by atoms with Crippen LogP contribution in [0.4, 0.5) is 13.6 Å². The van der Waals surface area contributed by atoms with Crippen molar-refractivity contribution in [2.75, 3.05) is 32.3 Å². The smallest absolute Gasteiger partial charge is 0.410 e. The van der Waals surface area contributed by atoms with Crippen LogP contribution in [0.5, 0.6) is 11.5 Å². The molecule has 1 saturated carbocycles. The number of nitrogens with zero attached hydrogens (tertiary/aromatic N) is 2. The fourth-order valence-corrected chi connectivity index (χ4v) is 9.65. The van der Waals surface area contributed by atoms with Crippen molar-refractivity contribution in [3.63, 3.8) is 0 Å². The maximum Gasteiger partial charge on any atom is 0.410 e. The van der Waals surface area contributed by atoms with Crippen LogP contribution in [0.25, 0.3) is 0 Å². The molecular formula is C51H57ClF2N2O8. The summed E-state index contributed by atoms with van der Waals surface area (Å²) in [6.45, 7) is 4.29. The second-order valence-electron chi connectivity index (χ2n) is 16.5. The van der Waals surface area contributed by atoms with Gasteiger partial charge in [0, 0.05) is 43.2 Å². The Balaban J connectivity index is 1.44. The zero-order chi connectivity index (χ0) is 44.9. The lowest BCUT2D eigenvalue weighted by molar-refractivity contribution is -0.256. The van der Waals surface area contributed by atoms with Crippen LogP contribution in [0.2, 0.25) is 0 Å². The summed E-state index contributed by atoms with van der Waals surface area (Å²) in [4.78, 5) is 22.3. The predicted octanol–water partition coefficient (Wildman–Crippen LogP) is 10.3. The lowest BCUT2D eigenvalue weighted by atomic mass is 9.55. The first kappa shape index (κ1) is 46.7. The highest BCUT2D eigenvalue weighted by molar-refractivity contribution is 6.18. The van der Waals surface area contributed by atoms with Gasteiger partial charge in [0.25, 0.3) is 0 Å². The van der Waals surface area contributed by atoms with Gasteiger partial charge in [0.1, 0.15) is 49.0 Å². The Bertz CT molecular complexity index is 2230. The number of allylic oxidation sites excluding steroid dienone is 1. The predicted molar refractivity (Wildman–Crippen MR) is 241 cm³/mol. The van der Waals surface area contributed by atoms with Gasteiger partial charge in [-0.25, -0.2) is 13.6 Å². The van der Waals surface area contributed by atoms with Gasteiger partial charge >= 0.3 is 6.09 Å². The average Bonchev–Trinajstić information content (AvgIpc) is 3.31. The maximum absolute atomic E-state index is 14.8. The molecule has 0 aromatic heterocycles. The van der Waals surface area contributed by atoms with E-state index in [9.17, 15) is 23.8 Å². The van der Waals surface area contributed by atoms with Crippen molar-refractivity contribution < 1.29 is 47.6 Å². The van der Waals surface area contributed by atoms with Gasteiger partial charge in [-0.2, -0.15) is 0 Å². The summed E-state index contributed by atoms with van der Waals surface area (Å²) in [7, 11) is 0. The van der Waals surface area contributed by atoms with E-state index >= 15 is 0 Å². The molecule has 1 heterocycles. The number of ether oxygens (including phenoxy) is 4. The summed E-state index contributed by atoms with van der Waals surface area (Å²) in [6, 6.07) is 26.8. The molecular weight excluding hydrogens is 842 g/mol. The zero-order valence-electron chi connectivity index (χ0n) is 36.0. The van der Waals surface area contributed by atoms with Crippen molar-refractivity contribution >= 4 is 23.4 Å². The molecule has 4 aromatic carbocycles. The third-order valence-corrected chi connectivity index (χ3v) is 12.6. The molecule has 0 spiro atoms. The number of halogens is 3. The van der Waals surface area contributed by atoms with Crippen molar-refractivity contribution in [3.8, 4) is 11.5 Å². The highest BCUT2D eigenvalue weighted by atomic mass is 35.5. The van der Waals surface area contributed by atoms with Crippen LogP contribution in [0.1, 0.15) is 73.1 Å². The highest BCUT2D eigenvalue weighted by Crippen LogP contribution is 2.62. The van der Waals surface area contributed by atoms with Gasteiger partial charge in [0.2, 0.25) is 5.79 Å². The van der Waals surface area contributed by atoms with Crippen molar-refractivity contribution in [3.05, 3.63) is 155 Å². The Hall–Kier alpha value is -5.27. The van der Waals surface area contributed by atoms with E-state index in [0.717, 1.165) is 42.4 Å². The van der Waals surface area contributed by atoms with Gasteiger partial charge in [-0.05, 0) is 90.6 Å². The van der Waals surface area contributed by atoms with E-state index in [1.165, 1.54) is 18.2 Å². The lowest BCUT2D eigenvalue weighted by Gasteiger charge is -2.59. The normalized spacial score (nSPS) is 22.7. The molecule has 340 valence electrons. The number of rotatable bonds is 22. The van der Waals surface area contributed by atoms with Crippen molar-refractivity contribution in [1.29, 1.82) is 0 Å². The van der Waals surface area contributed by atoms with E-state index in [4.69, 9.17) is 40.5 Å². The molecule has 13 heteroatoms. The largest absolute Gasteiger partial charge is 0.489 e. The molecule has 1 fully saturated rings. The number of aliphatic hydroxyl groups is 2. The summed E-state index contributed by atoms with van der Waals surface area (Å²) >= 11 is 6.08. The second kappa shape index (κ2) is 22.6. The molecule has 10 nitrogen and oxygen atoms in total. The molecule has 0 saturated heterocycles. The molecule has 0 radical (unpaired) electrons. The van der Waals surface area contributed by atoms with Crippen LogP contribution in [0.3, 0.4) is 0 Å². The SMILES string of the molecule is C=CCOC12Oc3ccc(OCc4ccccc4F)cc3C3C(CCCCO)C(CCCCO)C=C(C(=NOCc4ccccc4)CC1N(Cc1ccc(F)cc1)C(=O)OCCCl)C32. The van der Waals surface area contributed by atoms with Gasteiger partial charge in [0.15, 0.2) is 0 Å². The fraction of sp³-hybridized carbons (Fsp3) is 0.412. The number of amides is 1. The summed E-state index contributed by atoms with van der Waals surface area (Å²) in [5.74, 6) is -2.25. The fourth-order valence-electron chi connectivity index (χ4n) is 9.57. The van der Waals surface area contributed by atoms with E-state index < -0.39 is 29.7 Å². The van der Waals surface area contributed by atoms with Crippen molar-refractivity contribution in [2.24, 2.45) is 22.9 Å². The first-order valence-electron chi connectivity index (χ1n) is 22.1. The monoisotopic (exact) mass is 898 g/mol. The molecule has 1 aliphatic heterocycles. The van der Waals surface area contributed by atoms with Crippen LogP contribution in [-0.2, 0) is 34.1 Å². The molecule has 4 aromatic rings. The van der Waals surface area contributed by atoms with Gasteiger partial charge in [-0.15, -0.1) is 18.2 Å². The molecule has 0 bridgehead atoms. The molecule has 2 aliphatic carbocycles. The lowest BCUT2D eigenvalue weighted by Crippen LogP contribution is -2.70. The van der Waals surface area contributed by atoms with Gasteiger partial charge < -0.3 is 34.0 Å². The Labute approximate surface area is 379 Å². The number of oxime groups is 1. The van der Waals surface area contributed by atoms with Gasteiger partial charge in [-0.3, -0.25) is 4.90 Å². The summed E-state index contributed by atoms with van der Waals surface area (Å²) in [6.07, 6.45) is 7.57. The van der Waals surface area contributed by atoms with Crippen LogP contribution >= 0.6 is 11.6 Å². The number of benzene rings is 4. The minimum Gasteiger partial charge on any atom is -0.489 e. The molecule has 6 unspecified atom stereocenters. The number of carbonyl (C=O) groups excluding carboxylic acids is 1. The third-order valence-electron chi connectivity index (χ3n) is 12.4. The van der Waals surface area contributed by atoms with Crippen LogP contribution in [-0.4, -0.2) is 71.1 Å². The van der Waals surface area contributed by atoms with Crippen LogP contribution in [0, 0.1) is 29.4 Å². The van der Waals surface area contributed by atoms with Gasteiger partial charge in [0.05, 0.1) is 24.1 Å². The van der Waals surface area contributed by atoms with Gasteiger partial charge in [-0.1, -0.05) is 90.8 Å². The summed E-state index contributed by atoms with van der Waals surface area (Å²) in [5.41, 5.74) is 4.27. The van der Waals surface area contributed by atoms with Crippen LogP contribution in [0.15, 0.2) is 127 Å². The quantitative estimate of drug-likeness (QED) is 0.0347. The Morgan fingerprint density at radius 1 is 0.922 bits per heavy atom. The Kier molecular flexibility index (Phi) is 16.5. The molecule has 1 amide bonds. The molecule has 7 rings (SSSR count). The molecule has 6 atom stereocenters. The Morgan fingerprint density at radius 3 is 2.41 bits per heavy atom. The molecule has 2 N–H and O–H groups in total.